The molecule has 1 aliphatic carbocycles. The molecule has 0 bridgehead atoms. The van der Waals surface area contributed by atoms with Crippen LogP contribution in [0.15, 0.2) is 42.5 Å². The molecule has 1 heterocycles. The van der Waals surface area contributed by atoms with Gasteiger partial charge in [0.1, 0.15) is 11.6 Å². The van der Waals surface area contributed by atoms with E-state index in [1.54, 1.807) is 0 Å². The van der Waals surface area contributed by atoms with E-state index in [2.05, 4.69) is 0 Å². The third-order valence-corrected chi connectivity index (χ3v) is 6.19. The second-order valence-electron chi connectivity index (χ2n) is 8.02. The molecule has 28 heavy (non-hydrogen) atoms. The Morgan fingerprint density at radius 3 is 2.46 bits per heavy atom. The van der Waals surface area contributed by atoms with Crippen LogP contribution >= 0.6 is 0 Å². The Morgan fingerprint density at radius 2 is 1.75 bits per heavy atom. The Hall–Kier alpha value is -2.14. The third kappa shape index (κ3) is 3.72. The van der Waals surface area contributed by atoms with Crippen LogP contribution in [0.25, 0.3) is 0 Å². The van der Waals surface area contributed by atoms with Crippen molar-refractivity contribution >= 4 is 5.78 Å². The largest absolute Gasteiger partial charge is 0.370 e. The van der Waals surface area contributed by atoms with Gasteiger partial charge >= 0.3 is 0 Å². The molecule has 3 atom stereocenters. The molecule has 1 saturated heterocycles. The quantitative estimate of drug-likeness (QED) is 0.629. The lowest BCUT2D eigenvalue weighted by Crippen LogP contribution is -2.40. The van der Waals surface area contributed by atoms with E-state index in [0.717, 1.165) is 25.3 Å². The highest BCUT2D eigenvalue weighted by Gasteiger charge is 2.49. The highest BCUT2D eigenvalue weighted by atomic mass is 19.2. The fourth-order valence-corrected chi connectivity index (χ4v) is 4.74. The lowest BCUT2D eigenvalue weighted by atomic mass is 9.71. The van der Waals surface area contributed by atoms with Gasteiger partial charge in [0.25, 0.3) is 0 Å². The molecule has 2 aromatic carbocycles. The van der Waals surface area contributed by atoms with Crippen molar-refractivity contribution in [1.82, 2.24) is 0 Å². The van der Waals surface area contributed by atoms with E-state index < -0.39 is 29.0 Å². The first-order valence-electron chi connectivity index (χ1n) is 9.84. The van der Waals surface area contributed by atoms with Crippen LogP contribution in [0.2, 0.25) is 0 Å². The summed E-state index contributed by atoms with van der Waals surface area (Å²) in [6.07, 6.45) is 3.54. The van der Waals surface area contributed by atoms with Gasteiger partial charge in [0.15, 0.2) is 11.6 Å². The van der Waals surface area contributed by atoms with Gasteiger partial charge in [0, 0.05) is 23.5 Å². The number of Topliss-reactive ketones (excluding diaryl/α,β-unsaturated/α-hetero) is 1. The Labute approximate surface area is 162 Å². The topological polar surface area (TPSA) is 26.3 Å². The lowest BCUT2D eigenvalue weighted by molar-refractivity contribution is -0.145. The maximum absolute atomic E-state index is 14.4. The second-order valence-corrected chi connectivity index (χ2v) is 8.02. The Kier molecular flexibility index (Phi) is 5.28. The number of carbonyl (C=O) groups is 1. The van der Waals surface area contributed by atoms with E-state index in [1.165, 1.54) is 5.56 Å². The van der Waals surface area contributed by atoms with E-state index in [9.17, 15) is 18.0 Å². The van der Waals surface area contributed by atoms with E-state index in [1.807, 2.05) is 30.3 Å². The smallest absolute Gasteiger partial charge is 0.161 e. The minimum atomic E-state index is -1.22. The number of benzene rings is 2. The van der Waals surface area contributed by atoms with Gasteiger partial charge in [-0.25, -0.2) is 13.2 Å². The van der Waals surface area contributed by atoms with Crippen LogP contribution in [0, 0.1) is 22.9 Å². The molecule has 5 heteroatoms. The molecule has 2 aliphatic rings. The van der Waals surface area contributed by atoms with Crippen molar-refractivity contribution < 1.29 is 22.7 Å². The molecule has 0 radical (unpaired) electrons. The third-order valence-electron chi connectivity index (χ3n) is 6.19. The van der Waals surface area contributed by atoms with E-state index in [4.69, 9.17) is 4.74 Å². The van der Waals surface area contributed by atoms with E-state index in [-0.39, 0.29) is 17.5 Å². The maximum atomic E-state index is 14.4. The van der Waals surface area contributed by atoms with Crippen molar-refractivity contribution in [1.29, 1.82) is 0 Å². The van der Waals surface area contributed by atoms with Crippen molar-refractivity contribution in [2.45, 2.75) is 57.2 Å². The van der Waals surface area contributed by atoms with Crippen molar-refractivity contribution in [2.75, 3.05) is 0 Å². The zero-order valence-corrected chi connectivity index (χ0v) is 15.6. The minimum absolute atomic E-state index is 0.00221. The molecule has 2 aromatic rings. The normalized spacial score (nSPS) is 27.5. The van der Waals surface area contributed by atoms with Crippen LogP contribution < -0.4 is 0 Å². The number of ketones is 1. The number of halogens is 3. The number of aryl methyl sites for hydroxylation is 1. The molecule has 1 spiro atoms. The summed E-state index contributed by atoms with van der Waals surface area (Å²) in [6, 6.07) is 11.4. The molecule has 1 unspecified atom stereocenters. The number of carbonyl (C=O) groups excluding carboxylic acids is 1. The summed E-state index contributed by atoms with van der Waals surface area (Å²) in [5, 5.41) is 0. The summed E-state index contributed by atoms with van der Waals surface area (Å²) in [7, 11) is 0. The number of rotatable bonds is 4. The van der Waals surface area contributed by atoms with E-state index in [0.29, 0.717) is 31.7 Å². The molecule has 4 rings (SSSR count). The first-order chi connectivity index (χ1) is 13.5. The Bertz CT molecular complexity index is 868. The van der Waals surface area contributed by atoms with Crippen LogP contribution in [0.5, 0.6) is 0 Å². The van der Waals surface area contributed by atoms with Crippen molar-refractivity contribution in [3.63, 3.8) is 0 Å². The van der Waals surface area contributed by atoms with E-state index >= 15 is 0 Å². The summed E-state index contributed by atoms with van der Waals surface area (Å²) < 4.78 is 47.6. The first kappa shape index (κ1) is 19.2. The van der Waals surface area contributed by atoms with Gasteiger partial charge in [0.05, 0.1) is 12.2 Å². The van der Waals surface area contributed by atoms with Gasteiger partial charge in [0.2, 0.25) is 0 Å². The minimum Gasteiger partial charge on any atom is -0.370 e. The van der Waals surface area contributed by atoms with Crippen LogP contribution in [0.3, 0.4) is 0 Å². The van der Waals surface area contributed by atoms with Gasteiger partial charge in [-0.2, -0.15) is 0 Å². The second kappa shape index (κ2) is 7.70. The maximum Gasteiger partial charge on any atom is 0.161 e. The first-order valence-corrected chi connectivity index (χ1v) is 9.84. The predicted molar refractivity (Wildman–Crippen MR) is 99.2 cm³/mol. The van der Waals surface area contributed by atoms with Crippen molar-refractivity contribution in [3.05, 3.63) is 71.0 Å². The summed E-state index contributed by atoms with van der Waals surface area (Å²) in [4.78, 5) is 12.7. The van der Waals surface area contributed by atoms with Gasteiger partial charge in [-0.1, -0.05) is 30.3 Å². The SMILES string of the molecule is O=C1CCC[C@@]12CC(c1cc(F)c(F)cc1F)O[C@H](CCc1ccccc1)C2. The van der Waals surface area contributed by atoms with Crippen LogP contribution in [-0.4, -0.2) is 11.9 Å². The average Bonchev–Trinajstić information content (AvgIpc) is 3.02. The molecule has 0 amide bonds. The summed E-state index contributed by atoms with van der Waals surface area (Å²) >= 11 is 0. The molecule has 1 saturated carbocycles. The molecule has 2 nitrogen and oxygen atoms in total. The van der Waals surface area contributed by atoms with Crippen molar-refractivity contribution in [2.24, 2.45) is 5.41 Å². The van der Waals surface area contributed by atoms with Crippen LogP contribution in [-0.2, 0) is 16.0 Å². The molecular formula is C23H23F3O2. The number of ether oxygens (including phenoxy) is 1. The molecule has 0 aromatic heterocycles. The molecule has 1 aliphatic heterocycles. The Morgan fingerprint density at radius 1 is 1.00 bits per heavy atom. The number of hydrogen-bond donors (Lipinski definition) is 0. The van der Waals surface area contributed by atoms with Gasteiger partial charge in [-0.05, 0) is 50.2 Å². The highest BCUT2D eigenvalue weighted by Crippen LogP contribution is 2.51. The summed E-state index contributed by atoms with van der Waals surface area (Å²) in [6.45, 7) is 0. The summed E-state index contributed by atoms with van der Waals surface area (Å²) in [5.74, 6) is -2.95. The Balaban J connectivity index is 1.59. The van der Waals surface area contributed by atoms with Crippen LogP contribution in [0.4, 0.5) is 13.2 Å². The van der Waals surface area contributed by atoms with Crippen LogP contribution in [0.1, 0.15) is 55.8 Å². The number of hydrogen-bond acceptors (Lipinski definition) is 2. The van der Waals surface area contributed by atoms with Gasteiger partial charge in [-0.15, -0.1) is 0 Å². The zero-order valence-electron chi connectivity index (χ0n) is 15.6. The standard InChI is InChI=1S/C23H23F3O2/c24-18-12-20(26)19(25)11-17(18)21-14-23(10-4-7-22(23)27)13-16(28-21)9-8-15-5-2-1-3-6-15/h1-3,5-6,11-12,16,21H,4,7-10,13-14H2/t16-,21?,23-/m1/s1. The molecule has 0 N–H and O–H groups in total. The van der Waals surface area contributed by atoms with Gasteiger partial charge < -0.3 is 4.74 Å². The monoisotopic (exact) mass is 388 g/mol. The zero-order chi connectivity index (χ0) is 19.7. The molecular weight excluding hydrogens is 365 g/mol. The molecule has 148 valence electrons. The average molecular weight is 388 g/mol. The van der Waals surface area contributed by atoms with Crippen molar-refractivity contribution in [3.8, 4) is 0 Å². The highest BCUT2D eigenvalue weighted by molar-refractivity contribution is 5.87. The lowest BCUT2D eigenvalue weighted by Gasteiger charge is -2.42. The predicted octanol–water partition coefficient (Wildman–Crippen LogP) is 5.70. The van der Waals surface area contributed by atoms with Gasteiger partial charge in [-0.3, -0.25) is 4.79 Å². The fraction of sp³-hybridized carbons (Fsp3) is 0.435. The fourth-order valence-electron chi connectivity index (χ4n) is 4.74. The summed E-state index contributed by atoms with van der Waals surface area (Å²) in [5.41, 5.74) is 0.628. The molecule has 2 fully saturated rings.